The summed E-state index contributed by atoms with van der Waals surface area (Å²) in [5, 5.41) is 14.7. The highest BCUT2D eigenvalue weighted by molar-refractivity contribution is 5.94. The predicted molar refractivity (Wildman–Crippen MR) is 119 cm³/mol. The fourth-order valence-corrected chi connectivity index (χ4v) is 3.50. The smallest absolute Gasteiger partial charge is 0.326 e. The maximum absolute atomic E-state index is 13.2. The maximum atomic E-state index is 13.2. The van der Waals surface area contributed by atoms with Crippen LogP contribution in [0, 0.1) is 5.92 Å². The van der Waals surface area contributed by atoms with Crippen LogP contribution in [0.4, 0.5) is 0 Å². The van der Waals surface area contributed by atoms with Crippen LogP contribution in [-0.2, 0) is 19.2 Å². The molecular weight excluding hydrogens is 418 g/mol. The van der Waals surface area contributed by atoms with Crippen LogP contribution in [0.5, 0.6) is 0 Å². The monoisotopic (exact) mass is 455 g/mol. The Balaban J connectivity index is 2.95. The number of nitrogens with zero attached hydrogens (tertiary/aromatic N) is 2. The van der Waals surface area contributed by atoms with Gasteiger partial charge in [0.25, 0.3) is 0 Å². The third kappa shape index (κ3) is 7.98. The fourth-order valence-electron chi connectivity index (χ4n) is 3.50. The molecule has 1 rings (SSSR count). The van der Waals surface area contributed by atoms with Crippen molar-refractivity contribution in [3.8, 4) is 0 Å². The zero-order valence-corrected chi connectivity index (χ0v) is 19.0. The molecule has 0 bridgehead atoms. The molecule has 1 aliphatic heterocycles. The standard InChI is InChI=1S/C20H37N7O5/c1-4-11(2)15(19(31)32)26-17(29)14-8-6-10-27(14)18(30)13(25-16(28)12(3)21)7-5-9-24-20(22)23/h11-15H,4-10,21H2,1-3H3,(H,25,28)(H,26,29)(H,31,32)(H4,22,23,24)/t11-,12-,13-,14-,15-/m0/s1. The number of hydrogen-bond acceptors (Lipinski definition) is 6. The Bertz CT molecular complexity index is 708. The average Bonchev–Trinajstić information content (AvgIpc) is 3.22. The van der Waals surface area contributed by atoms with E-state index in [1.807, 2.05) is 6.92 Å². The molecule has 0 aromatic heterocycles. The van der Waals surface area contributed by atoms with Crippen LogP contribution in [0.25, 0.3) is 0 Å². The second kappa shape index (κ2) is 12.8. The number of hydrogen-bond donors (Lipinski definition) is 6. The summed E-state index contributed by atoms with van der Waals surface area (Å²) in [6, 6.07) is -3.56. The molecule has 32 heavy (non-hydrogen) atoms. The molecule has 0 radical (unpaired) electrons. The van der Waals surface area contributed by atoms with E-state index in [1.54, 1.807) is 6.92 Å². The molecule has 12 heteroatoms. The highest BCUT2D eigenvalue weighted by Crippen LogP contribution is 2.21. The zero-order valence-electron chi connectivity index (χ0n) is 19.0. The molecule has 0 aliphatic carbocycles. The van der Waals surface area contributed by atoms with Gasteiger partial charge in [-0.25, -0.2) is 4.79 Å². The van der Waals surface area contributed by atoms with E-state index < -0.39 is 47.9 Å². The molecule has 0 saturated carbocycles. The second-order valence-corrected chi connectivity index (χ2v) is 8.20. The van der Waals surface area contributed by atoms with Crippen molar-refractivity contribution in [2.45, 2.75) is 77.0 Å². The van der Waals surface area contributed by atoms with Crippen LogP contribution in [-0.4, -0.2) is 76.9 Å². The number of guanidine groups is 1. The van der Waals surface area contributed by atoms with E-state index in [2.05, 4.69) is 15.6 Å². The molecule has 182 valence electrons. The van der Waals surface area contributed by atoms with Crippen molar-refractivity contribution in [2.24, 2.45) is 28.1 Å². The van der Waals surface area contributed by atoms with Crippen molar-refractivity contribution in [2.75, 3.05) is 13.1 Å². The van der Waals surface area contributed by atoms with Gasteiger partial charge in [-0.05, 0) is 38.5 Å². The van der Waals surface area contributed by atoms with Crippen LogP contribution < -0.4 is 27.8 Å². The largest absolute Gasteiger partial charge is 0.480 e. The number of aliphatic carboxylic acids is 1. The first kappa shape index (κ1) is 27.1. The number of carboxylic acid groups (broad SMARTS) is 1. The first-order valence-electron chi connectivity index (χ1n) is 10.9. The highest BCUT2D eigenvalue weighted by atomic mass is 16.4. The Labute approximate surface area is 188 Å². The van der Waals surface area contributed by atoms with Crippen molar-refractivity contribution in [1.29, 1.82) is 0 Å². The first-order valence-corrected chi connectivity index (χ1v) is 10.9. The summed E-state index contributed by atoms with van der Waals surface area (Å²) < 4.78 is 0. The molecule has 0 aromatic rings. The van der Waals surface area contributed by atoms with Gasteiger partial charge in [0.05, 0.1) is 6.04 Å². The van der Waals surface area contributed by atoms with Crippen molar-refractivity contribution < 1.29 is 24.3 Å². The average molecular weight is 456 g/mol. The molecule has 5 atom stereocenters. The number of rotatable bonds is 12. The van der Waals surface area contributed by atoms with Crippen molar-refractivity contribution >= 4 is 29.7 Å². The summed E-state index contributed by atoms with van der Waals surface area (Å²) >= 11 is 0. The fraction of sp³-hybridized carbons (Fsp3) is 0.750. The number of carbonyl (C=O) groups is 4. The number of carbonyl (C=O) groups excluding carboxylic acids is 3. The minimum atomic E-state index is -1.12. The zero-order chi connectivity index (χ0) is 24.4. The number of likely N-dealkylation sites (tertiary alicyclic amines) is 1. The van der Waals surface area contributed by atoms with Gasteiger partial charge in [-0.2, -0.15) is 0 Å². The predicted octanol–water partition coefficient (Wildman–Crippen LogP) is -1.52. The van der Waals surface area contributed by atoms with Gasteiger partial charge in [-0.15, -0.1) is 0 Å². The summed E-state index contributed by atoms with van der Waals surface area (Å²) in [5.41, 5.74) is 16.2. The maximum Gasteiger partial charge on any atom is 0.326 e. The molecule has 12 nitrogen and oxygen atoms in total. The van der Waals surface area contributed by atoms with Crippen LogP contribution >= 0.6 is 0 Å². The van der Waals surface area contributed by atoms with Crippen LogP contribution in [0.15, 0.2) is 4.99 Å². The van der Waals surface area contributed by atoms with E-state index in [-0.39, 0.29) is 24.8 Å². The van der Waals surface area contributed by atoms with Crippen LogP contribution in [0.2, 0.25) is 0 Å². The minimum Gasteiger partial charge on any atom is -0.480 e. The number of nitrogens with one attached hydrogen (secondary N) is 2. The molecular formula is C20H37N7O5. The van der Waals surface area contributed by atoms with Gasteiger partial charge < -0.3 is 37.8 Å². The van der Waals surface area contributed by atoms with E-state index in [0.29, 0.717) is 32.2 Å². The van der Waals surface area contributed by atoms with Gasteiger partial charge in [0.15, 0.2) is 5.96 Å². The summed E-state index contributed by atoms with van der Waals surface area (Å²) in [4.78, 5) is 55.1. The quantitative estimate of drug-likeness (QED) is 0.115. The molecule has 0 spiro atoms. The number of amides is 3. The van der Waals surface area contributed by atoms with Gasteiger partial charge in [-0.3, -0.25) is 19.4 Å². The molecule has 1 heterocycles. The number of aliphatic imine (C=N–C) groups is 1. The summed E-state index contributed by atoms with van der Waals surface area (Å²) in [6.45, 7) is 5.69. The summed E-state index contributed by atoms with van der Waals surface area (Å²) in [6.07, 6.45) is 2.25. The van der Waals surface area contributed by atoms with Crippen LogP contribution in [0.3, 0.4) is 0 Å². The Kier molecular flexibility index (Phi) is 10.9. The Hall–Kier alpha value is -2.89. The SMILES string of the molecule is CC[C@H](C)[C@H](NC(=O)[C@@H]1CCCN1C(=O)[C@H](CCCN=C(N)N)NC(=O)[C@H](C)N)C(=O)O. The van der Waals surface area contributed by atoms with Crippen molar-refractivity contribution in [3.05, 3.63) is 0 Å². The van der Waals surface area contributed by atoms with E-state index in [9.17, 15) is 24.3 Å². The summed E-state index contributed by atoms with van der Waals surface area (Å²) in [7, 11) is 0. The summed E-state index contributed by atoms with van der Waals surface area (Å²) in [5.74, 6) is -2.88. The lowest BCUT2D eigenvalue weighted by atomic mass is 9.98. The van der Waals surface area contributed by atoms with E-state index >= 15 is 0 Å². The third-order valence-corrected chi connectivity index (χ3v) is 5.59. The molecule has 1 fully saturated rings. The lowest BCUT2D eigenvalue weighted by molar-refractivity contribution is -0.146. The Morgan fingerprint density at radius 3 is 2.38 bits per heavy atom. The Morgan fingerprint density at radius 1 is 1.19 bits per heavy atom. The normalized spacial score (nSPS) is 19.4. The van der Waals surface area contributed by atoms with Crippen molar-refractivity contribution in [3.63, 3.8) is 0 Å². The van der Waals surface area contributed by atoms with Gasteiger partial charge in [0.2, 0.25) is 17.7 Å². The third-order valence-electron chi connectivity index (χ3n) is 5.59. The molecule has 1 aliphatic rings. The molecule has 0 unspecified atom stereocenters. The van der Waals surface area contributed by atoms with Gasteiger partial charge in [0.1, 0.15) is 18.1 Å². The molecule has 1 saturated heterocycles. The number of carboxylic acids is 1. The molecule has 3 amide bonds. The Morgan fingerprint density at radius 2 is 1.84 bits per heavy atom. The minimum absolute atomic E-state index is 0.0712. The van der Waals surface area contributed by atoms with E-state index in [1.165, 1.54) is 11.8 Å². The van der Waals surface area contributed by atoms with Gasteiger partial charge in [-0.1, -0.05) is 20.3 Å². The van der Waals surface area contributed by atoms with E-state index in [0.717, 1.165) is 0 Å². The van der Waals surface area contributed by atoms with Crippen LogP contribution in [0.1, 0.15) is 52.9 Å². The van der Waals surface area contributed by atoms with Gasteiger partial charge in [0, 0.05) is 13.1 Å². The second-order valence-electron chi connectivity index (χ2n) is 8.20. The molecule has 9 N–H and O–H groups in total. The highest BCUT2D eigenvalue weighted by Gasteiger charge is 2.39. The topological polar surface area (TPSA) is 206 Å². The molecule has 0 aromatic carbocycles. The van der Waals surface area contributed by atoms with Crippen molar-refractivity contribution in [1.82, 2.24) is 15.5 Å². The lowest BCUT2D eigenvalue weighted by Crippen LogP contribution is -2.57. The van der Waals surface area contributed by atoms with E-state index in [4.69, 9.17) is 17.2 Å². The lowest BCUT2D eigenvalue weighted by Gasteiger charge is -2.30. The van der Waals surface area contributed by atoms with Gasteiger partial charge >= 0.3 is 5.97 Å². The first-order chi connectivity index (χ1) is 15.0. The number of nitrogens with two attached hydrogens (primary N) is 3.